The number of halogens is 1. The number of rotatable bonds is 4. The topological polar surface area (TPSA) is 53.1 Å². The highest BCUT2D eigenvalue weighted by Gasteiger charge is 2.16. The minimum Gasteiger partial charge on any atom is -0.495 e. The molecule has 102 valence electrons. The summed E-state index contributed by atoms with van der Waals surface area (Å²) in [6.45, 7) is 2.07. The molecule has 1 aromatic heterocycles. The maximum Gasteiger partial charge on any atom is 0.137 e. The third-order valence-electron chi connectivity index (χ3n) is 3.18. The SMILES string of the molecule is CCc1cc(C(N)c2ccc(Cl)c(OC)c2)n(C)n1. The van der Waals surface area contributed by atoms with E-state index in [0.717, 1.165) is 23.4 Å². The molecule has 19 heavy (non-hydrogen) atoms. The van der Waals surface area contributed by atoms with Gasteiger partial charge in [0.15, 0.2) is 0 Å². The van der Waals surface area contributed by atoms with Crippen molar-refractivity contribution in [2.45, 2.75) is 19.4 Å². The molecule has 0 saturated carbocycles. The minimum absolute atomic E-state index is 0.246. The lowest BCUT2D eigenvalue weighted by Crippen LogP contribution is -2.15. The van der Waals surface area contributed by atoms with E-state index in [4.69, 9.17) is 22.1 Å². The normalized spacial score (nSPS) is 12.5. The summed E-state index contributed by atoms with van der Waals surface area (Å²) in [4.78, 5) is 0. The van der Waals surface area contributed by atoms with Crippen LogP contribution in [0.3, 0.4) is 0 Å². The molecular formula is C14H18ClN3O. The Labute approximate surface area is 118 Å². The molecular weight excluding hydrogens is 262 g/mol. The zero-order valence-corrected chi connectivity index (χ0v) is 12.1. The van der Waals surface area contributed by atoms with Crippen molar-refractivity contribution >= 4 is 11.6 Å². The molecule has 0 spiro atoms. The highest BCUT2D eigenvalue weighted by atomic mass is 35.5. The van der Waals surface area contributed by atoms with Gasteiger partial charge in [-0.3, -0.25) is 4.68 Å². The highest BCUT2D eigenvalue weighted by molar-refractivity contribution is 6.32. The molecule has 1 atom stereocenters. The van der Waals surface area contributed by atoms with Crippen molar-refractivity contribution in [1.29, 1.82) is 0 Å². The molecule has 0 fully saturated rings. The standard InChI is InChI=1S/C14H18ClN3O/c1-4-10-8-12(18(2)17-10)14(16)9-5-6-11(15)13(7-9)19-3/h5-8,14H,4,16H2,1-3H3. The van der Waals surface area contributed by atoms with Crippen LogP contribution < -0.4 is 10.5 Å². The Morgan fingerprint density at radius 1 is 1.42 bits per heavy atom. The first-order valence-electron chi connectivity index (χ1n) is 6.18. The van der Waals surface area contributed by atoms with E-state index in [9.17, 15) is 0 Å². The van der Waals surface area contributed by atoms with Crippen LogP contribution in [0.2, 0.25) is 5.02 Å². The molecule has 5 heteroatoms. The van der Waals surface area contributed by atoms with Gasteiger partial charge in [-0.2, -0.15) is 5.10 Å². The van der Waals surface area contributed by atoms with Crippen molar-refractivity contribution in [3.05, 3.63) is 46.2 Å². The number of hydrogen-bond acceptors (Lipinski definition) is 3. The van der Waals surface area contributed by atoms with Crippen LogP contribution in [-0.2, 0) is 13.5 Å². The van der Waals surface area contributed by atoms with Crippen LogP contribution in [0.5, 0.6) is 5.75 Å². The fraction of sp³-hybridized carbons (Fsp3) is 0.357. The van der Waals surface area contributed by atoms with E-state index >= 15 is 0 Å². The minimum atomic E-state index is -0.246. The predicted molar refractivity (Wildman–Crippen MR) is 76.6 cm³/mol. The molecule has 0 aliphatic rings. The Balaban J connectivity index is 2.37. The van der Waals surface area contributed by atoms with Gasteiger partial charge in [-0.25, -0.2) is 0 Å². The van der Waals surface area contributed by atoms with Gasteiger partial charge in [0.05, 0.1) is 29.6 Å². The van der Waals surface area contributed by atoms with E-state index in [1.165, 1.54) is 0 Å². The van der Waals surface area contributed by atoms with E-state index < -0.39 is 0 Å². The number of ether oxygens (including phenoxy) is 1. The average Bonchev–Trinajstić information content (AvgIpc) is 2.80. The molecule has 0 radical (unpaired) electrons. The number of aryl methyl sites for hydroxylation is 2. The summed E-state index contributed by atoms with van der Waals surface area (Å²) in [6, 6.07) is 7.36. The fourth-order valence-electron chi connectivity index (χ4n) is 2.05. The third kappa shape index (κ3) is 2.74. The summed E-state index contributed by atoms with van der Waals surface area (Å²) in [5, 5.41) is 5.00. The van der Waals surface area contributed by atoms with Gasteiger partial charge in [0.2, 0.25) is 0 Å². The van der Waals surface area contributed by atoms with E-state index in [1.54, 1.807) is 13.2 Å². The van der Waals surface area contributed by atoms with Crippen LogP contribution in [0.4, 0.5) is 0 Å². The molecule has 1 heterocycles. The van der Waals surface area contributed by atoms with E-state index in [0.29, 0.717) is 10.8 Å². The van der Waals surface area contributed by atoms with Crippen LogP contribution in [0, 0.1) is 0 Å². The lowest BCUT2D eigenvalue weighted by atomic mass is 10.0. The van der Waals surface area contributed by atoms with Gasteiger partial charge in [0, 0.05) is 7.05 Å². The smallest absolute Gasteiger partial charge is 0.137 e. The molecule has 1 aromatic carbocycles. The van der Waals surface area contributed by atoms with Crippen LogP contribution >= 0.6 is 11.6 Å². The second-order valence-electron chi connectivity index (χ2n) is 4.41. The largest absolute Gasteiger partial charge is 0.495 e. The van der Waals surface area contributed by atoms with E-state index in [1.807, 2.05) is 29.9 Å². The maximum atomic E-state index is 6.30. The second-order valence-corrected chi connectivity index (χ2v) is 4.82. The third-order valence-corrected chi connectivity index (χ3v) is 3.49. The van der Waals surface area contributed by atoms with Crippen molar-refractivity contribution in [2.24, 2.45) is 12.8 Å². The number of methoxy groups -OCH3 is 1. The fourth-order valence-corrected chi connectivity index (χ4v) is 2.24. The maximum absolute atomic E-state index is 6.30. The van der Waals surface area contributed by atoms with E-state index in [-0.39, 0.29) is 6.04 Å². The zero-order valence-electron chi connectivity index (χ0n) is 11.4. The van der Waals surface area contributed by atoms with Gasteiger partial charge >= 0.3 is 0 Å². The van der Waals surface area contributed by atoms with Crippen molar-refractivity contribution in [3.8, 4) is 5.75 Å². The monoisotopic (exact) mass is 279 g/mol. The second kappa shape index (κ2) is 5.63. The number of nitrogens with zero attached hydrogens (tertiary/aromatic N) is 2. The summed E-state index contributed by atoms with van der Waals surface area (Å²) >= 11 is 6.02. The number of nitrogens with two attached hydrogens (primary N) is 1. The van der Waals surface area contributed by atoms with Crippen molar-refractivity contribution in [3.63, 3.8) is 0 Å². The Bertz CT molecular complexity index is 580. The molecule has 2 aromatic rings. The summed E-state index contributed by atoms with van der Waals surface area (Å²) in [5.41, 5.74) is 9.26. The molecule has 0 aliphatic carbocycles. The first-order chi connectivity index (χ1) is 9.06. The Morgan fingerprint density at radius 2 is 2.16 bits per heavy atom. The number of benzene rings is 1. The summed E-state index contributed by atoms with van der Waals surface area (Å²) in [6.07, 6.45) is 0.893. The molecule has 2 N–H and O–H groups in total. The van der Waals surface area contributed by atoms with Gasteiger partial charge in [0.25, 0.3) is 0 Å². The molecule has 2 rings (SSSR count). The average molecular weight is 280 g/mol. The lowest BCUT2D eigenvalue weighted by Gasteiger charge is -2.14. The summed E-state index contributed by atoms with van der Waals surface area (Å²) in [5.74, 6) is 0.632. The van der Waals surface area contributed by atoms with E-state index in [2.05, 4.69) is 12.0 Å². The lowest BCUT2D eigenvalue weighted by molar-refractivity contribution is 0.414. The van der Waals surface area contributed by atoms with Crippen LogP contribution in [0.15, 0.2) is 24.3 Å². The molecule has 0 amide bonds. The van der Waals surface area contributed by atoms with Crippen LogP contribution in [0.1, 0.15) is 29.9 Å². The van der Waals surface area contributed by atoms with Gasteiger partial charge < -0.3 is 10.5 Å². The van der Waals surface area contributed by atoms with Gasteiger partial charge in [0.1, 0.15) is 5.75 Å². The Kier molecular flexibility index (Phi) is 4.12. The van der Waals surface area contributed by atoms with Gasteiger partial charge in [-0.05, 0) is 30.2 Å². The first kappa shape index (κ1) is 13.9. The molecule has 0 aliphatic heterocycles. The van der Waals surface area contributed by atoms with Gasteiger partial charge in [-0.15, -0.1) is 0 Å². The zero-order chi connectivity index (χ0) is 14.0. The number of hydrogen-bond donors (Lipinski definition) is 1. The summed E-state index contributed by atoms with van der Waals surface area (Å²) < 4.78 is 7.04. The number of aromatic nitrogens is 2. The molecule has 4 nitrogen and oxygen atoms in total. The van der Waals surface area contributed by atoms with Crippen molar-refractivity contribution in [1.82, 2.24) is 9.78 Å². The van der Waals surface area contributed by atoms with Crippen molar-refractivity contribution in [2.75, 3.05) is 7.11 Å². The van der Waals surface area contributed by atoms with Gasteiger partial charge in [-0.1, -0.05) is 24.6 Å². The highest BCUT2D eigenvalue weighted by Crippen LogP contribution is 2.29. The predicted octanol–water partition coefficient (Wildman–Crippen LogP) is 2.69. The quantitative estimate of drug-likeness (QED) is 0.936. The summed E-state index contributed by atoms with van der Waals surface area (Å²) in [7, 11) is 3.50. The van der Waals surface area contributed by atoms with Crippen LogP contribution in [-0.4, -0.2) is 16.9 Å². The van der Waals surface area contributed by atoms with Crippen molar-refractivity contribution < 1.29 is 4.74 Å². The molecule has 0 saturated heterocycles. The first-order valence-corrected chi connectivity index (χ1v) is 6.56. The molecule has 1 unspecified atom stereocenters. The van der Waals surface area contributed by atoms with Crippen LogP contribution in [0.25, 0.3) is 0 Å². The Hall–Kier alpha value is -1.52. The molecule has 0 bridgehead atoms. The Morgan fingerprint density at radius 3 is 2.74 bits per heavy atom.